The van der Waals surface area contributed by atoms with Gasteiger partial charge in [-0.1, -0.05) is 0 Å². The molecule has 2 amide bonds. The topological polar surface area (TPSA) is 108 Å². The van der Waals surface area contributed by atoms with Crippen LogP contribution >= 0.6 is 0 Å². The highest BCUT2D eigenvalue weighted by Gasteiger charge is 2.28. The minimum Gasteiger partial charge on any atom is -0.496 e. The molecule has 1 fully saturated rings. The van der Waals surface area contributed by atoms with Gasteiger partial charge in [0.1, 0.15) is 35.3 Å². The fourth-order valence-corrected chi connectivity index (χ4v) is 4.04. The van der Waals surface area contributed by atoms with Crippen molar-refractivity contribution in [1.29, 1.82) is 0 Å². The Bertz CT molecular complexity index is 1400. The van der Waals surface area contributed by atoms with E-state index in [0.29, 0.717) is 57.6 Å². The van der Waals surface area contributed by atoms with Gasteiger partial charge in [0, 0.05) is 35.6 Å². The maximum atomic E-state index is 13.5. The highest BCUT2D eigenvalue weighted by molar-refractivity contribution is 6.06. The number of hydrogen-bond donors (Lipinski definition) is 1. The summed E-state index contributed by atoms with van der Waals surface area (Å²) in [5.41, 5.74) is 7.11. The molecule has 2 aromatic heterocycles. The normalized spacial score (nSPS) is 15.8. The highest BCUT2D eigenvalue weighted by Crippen LogP contribution is 2.35. The molecule has 2 N–H and O–H groups in total. The molecule has 1 unspecified atom stereocenters. The van der Waals surface area contributed by atoms with Crippen LogP contribution in [0, 0.1) is 0 Å². The first kappa shape index (κ1) is 20.7. The van der Waals surface area contributed by atoms with Crippen LogP contribution in [0.5, 0.6) is 17.2 Å². The molecule has 4 aromatic rings. The fourth-order valence-electron chi connectivity index (χ4n) is 4.04. The molecule has 1 atom stereocenters. The lowest BCUT2D eigenvalue weighted by Crippen LogP contribution is -2.28. The van der Waals surface area contributed by atoms with Crippen molar-refractivity contribution in [2.75, 3.05) is 20.2 Å². The summed E-state index contributed by atoms with van der Waals surface area (Å²) in [4.78, 5) is 30.4. The average molecular weight is 449 g/mol. The van der Waals surface area contributed by atoms with E-state index in [-0.39, 0.29) is 18.0 Å². The van der Waals surface area contributed by atoms with E-state index in [9.17, 15) is 14.0 Å². The van der Waals surface area contributed by atoms with Gasteiger partial charge in [-0.25, -0.2) is 4.39 Å². The summed E-state index contributed by atoms with van der Waals surface area (Å²) in [6, 6.07) is 9.97. The lowest BCUT2D eigenvalue weighted by Gasteiger charge is -2.14. The van der Waals surface area contributed by atoms with Crippen molar-refractivity contribution in [3.63, 3.8) is 0 Å². The third-order valence-corrected chi connectivity index (χ3v) is 5.71. The molecule has 1 aliphatic heterocycles. The van der Waals surface area contributed by atoms with Crippen LogP contribution in [0.2, 0.25) is 0 Å². The van der Waals surface area contributed by atoms with Gasteiger partial charge < -0.3 is 24.5 Å². The van der Waals surface area contributed by atoms with Crippen molar-refractivity contribution in [1.82, 2.24) is 9.88 Å². The lowest BCUT2D eigenvalue weighted by atomic mass is 10.1. The number of fused-ring (bicyclic) bond motifs is 2. The molecule has 3 heterocycles. The van der Waals surface area contributed by atoms with Crippen LogP contribution in [0.4, 0.5) is 4.39 Å². The van der Waals surface area contributed by atoms with Crippen molar-refractivity contribution < 1.29 is 27.9 Å². The van der Waals surface area contributed by atoms with Crippen LogP contribution in [-0.2, 0) is 0 Å². The van der Waals surface area contributed by atoms with Gasteiger partial charge >= 0.3 is 0 Å². The van der Waals surface area contributed by atoms with Gasteiger partial charge in [0.25, 0.3) is 11.8 Å². The Hall–Kier alpha value is -4.14. The van der Waals surface area contributed by atoms with E-state index in [0.717, 1.165) is 0 Å². The SMILES string of the molecule is COc1cc2nccc(Oc3ccc4c(C(=O)N5CCC(F)C5)coc4c3)c2cc1C(N)=O. The van der Waals surface area contributed by atoms with Gasteiger partial charge in [0.2, 0.25) is 0 Å². The van der Waals surface area contributed by atoms with Gasteiger partial charge in [0.15, 0.2) is 0 Å². The number of primary amides is 1. The van der Waals surface area contributed by atoms with Crippen LogP contribution in [0.15, 0.2) is 53.3 Å². The van der Waals surface area contributed by atoms with E-state index in [2.05, 4.69) is 4.98 Å². The Morgan fingerprint density at radius 1 is 1.15 bits per heavy atom. The summed E-state index contributed by atoms with van der Waals surface area (Å²) < 4.78 is 30.4. The van der Waals surface area contributed by atoms with E-state index in [1.165, 1.54) is 18.3 Å². The molecule has 9 heteroatoms. The predicted octanol–water partition coefficient (Wildman–Crippen LogP) is 4.06. The summed E-state index contributed by atoms with van der Waals surface area (Å²) in [7, 11) is 1.45. The van der Waals surface area contributed by atoms with Gasteiger partial charge in [-0.05, 0) is 30.7 Å². The second-order valence-corrected chi connectivity index (χ2v) is 7.79. The van der Waals surface area contributed by atoms with E-state index < -0.39 is 12.1 Å². The first-order chi connectivity index (χ1) is 15.9. The first-order valence-electron chi connectivity index (χ1n) is 10.3. The molecule has 8 nitrogen and oxygen atoms in total. The van der Waals surface area contributed by atoms with Gasteiger partial charge in [-0.15, -0.1) is 0 Å². The molecule has 168 valence electrons. The van der Waals surface area contributed by atoms with Crippen LogP contribution < -0.4 is 15.2 Å². The second kappa shape index (κ2) is 8.09. The molecule has 1 aliphatic rings. The number of hydrogen-bond acceptors (Lipinski definition) is 6. The summed E-state index contributed by atoms with van der Waals surface area (Å²) in [5, 5.41) is 1.20. The monoisotopic (exact) mass is 449 g/mol. The van der Waals surface area contributed by atoms with Crippen LogP contribution in [0.1, 0.15) is 27.1 Å². The van der Waals surface area contributed by atoms with Crippen molar-refractivity contribution in [2.24, 2.45) is 5.73 Å². The average Bonchev–Trinajstić information content (AvgIpc) is 3.44. The second-order valence-electron chi connectivity index (χ2n) is 7.79. The van der Waals surface area contributed by atoms with Crippen LogP contribution in [0.25, 0.3) is 21.9 Å². The lowest BCUT2D eigenvalue weighted by molar-refractivity contribution is 0.0783. The Morgan fingerprint density at radius 2 is 2.00 bits per heavy atom. The Balaban J connectivity index is 1.48. The minimum absolute atomic E-state index is 0.0971. The molecule has 1 saturated heterocycles. The number of alkyl halides is 1. The first-order valence-corrected chi connectivity index (χ1v) is 10.3. The number of ether oxygens (including phenoxy) is 2. The summed E-state index contributed by atoms with van der Waals surface area (Å²) in [5.74, 6) is 0.361. The maximum absolute atomic E-state index is 13.5. The molecule has 0 radical (unpaired) electrons. The van der Waals surface area contributed by atoms with E-state index in [4.69, 9.17) is 19.6 Å². The number of furan rings is 1. The molecule has 0 bridgehead atoms. The van der Waals surface area contributed by atoms with Crippen molar-refractivity contribution >= 4 is 33.7 Å². The third kappa shape index (κ3) is 3.71. The molecule has 5 rings (SSSR count). The zero-order valence-corrected chi connectivity index (χ0v) is 17.7. The van der Waals surface area contributed by atoms with Crippen molar-refractivity contribution in [2.45, 2.75) is 12.6 Å². The zero-order chi connectivity index (χ0) is 23.1. The van der Waals surface area contributed by atoms with Gasteiger partial charge in [-0.2, -0.15) is 0 Å². The molecular weight excluding hydrogens is 429 g/mol. The maximum Gasteiger partial charge on any atom is 0.257 e. The summed E-state index contributed by atoms with van der Waals surface area (Å²) >= 11 is 0. The Kier molecular flexibility index (Phi) is 5.08. The number of aromatic nitrogens is 1. The number of carbonyl (C=O) groups is 2. The molecule has 0 spiro atoms. The number of nitrogens with two attached hydrogens (primary N) is 1. The van der Waals surface area contributed by atoms with E-state index in [1.807, 2.05) is 0 Å². The predicted molar refractivity (Wildman–Crippen MR) is 119 cm³/mol. The minimum atomic E-state index is -0.989. The number of nitrogens with zero attached hydrogens (tertiary/aromatic N) is 2. The largest absolute Gasteiger partial charge is 0.496 e. The molecule has 0 saturated carbocycles. The van der Waals surface area contributed by atoms with Crippen molar-refractivity contribution in [3.8, 4) is 17.2 Å². The molecule has 33 heavy (non-hydrogen) atoms. The number of likely N-dealkylation sites (tertiary alicyclic amines) is 1. The Morgan fingerprint density at radius 3 is 2.73 bits per heavy atom. The zero-order valence-electron chi connectivity index (χ0n) is 17.7. The number of methoxy groups -OCH3 is 1. The third-order valence-electron chi connectivity index (χ3n) is 5.71. The van der Waals surface area contributed by atoms with Crippen LogP contribution in [-0.4, -0.2) is 48.1 Å². The molecular formula is C24H20FN3O5. The Labute approximate surface area is 187 Å². The number of carbonyl (C=O) groups excluding carboxylic acids is 2. The number of halogens is 1. The summed E-state index contributed by atoms with van der Waals surface area (Å²) in [6.45, 7) is 0.487. The number of amides is 2. The van der Waals surface area contributed by atoms with E-state index in [1.54, 1.807) is 42.6 Å². The van der Waals surface area contributed by atoms with Gasteiger partial charge in [0.05, 0.1) is 30.3 Å². The molecule has 0 aliphatic carbocycles. The highest BCUT2D eigenvalue weighted by atomic mass is 19.1. The van der Waals surface area contributed by atoms with Gasteiger partial charge in [-0.3, -0.25) is 14.6 Å². The van der Waals surface area contributed by atoms with E-state index >= 15 is 0 Å². The van der Waals surface area contributed by atoms with Crippen LogP contribution in [0.3, 0.4) is 0 Å². The van der Waals surface area contributed by atoms with Crippen molar-refractivity contribution in [3.05, 3.63) is 60.0 Å². The smallest absolute Gasteiger partial charge is 0.257 e. The summed E-state index contributed by atoms with van der Waals surface area (Å²) in [6.07, 6.45) is 2.33. The number of rotatable bonds is 5. The molecule has 2 aromatic carbocycles. The quantitative estimate of drug-likeness (QED) is 0.492. The number of pyridine rings is 1. The number of benzene rings is 2. The standard InChI is InChI=1S/C24H20FN3O5/c1-31-21-10-19-16(9-17(21)23(26)29)20(4-6-27-19)33-14-2-3-15-18(12-32-22(15)8-14)24(30)28-7-5-13(25)11-28/h2-4,6,8-10,12-13H,5,7,11H2,1H3,(H2,26,29). The fraction of sp³-hybridized carbons (Fsp3) is 0.208.